The third-order valence-electron chi connectivity index (χ3n) is 3.42. The van der Waals surface area contributed by atoms with Crippen LogP contribution in [0.3, 0.4) is 0 Å². The van der Waals surface area contributed by atoms with Crippen molar-refractivity contribution in [2.24, 2.45) is 5.92 Å². The van der Waals surface area contributed by atoms with Crippen molar-refractivity contribution in [3.63, 3.8) is 0 Å². The first-order valence-corrected chi connectivity index (χ1v) is 7.16. The SMILES string of the molecule is CC(C)Oc1ccccc1C(=O)CC1CCCNC1. The summed E-state index contributed by atoms with van der Waals surface area (Å²) < 4.78 is 5.72. The molecule has 0 amide bonds. The summed E-state index contributed by atoms with van der Waals surface area (Å²) in [5.41, 5.74) is 0.724. The van der Waals surface area contributed by atoms with Crippen LogP contribution in [-0.4, -0.2) is 25.0 Å². The molecule has 1 aromatic rings. The number of hydrogen-bond acceptors (Lipinski definition) is 3. The highest BCUT2D eigenvalue weighted by molar-refractivity contribution is 5.98. The summed E-state index contributed by atoms with van der Waals surface area (Å²) in [5.74, 6) is 1.38. The molecule has 1 heterocycles. The predicted molar refractivity (Wildman–Crippen MR) is 76.7 cm³/mol. The molecule has 1 aromatic carbocycles. The van der Waals surface area contributed by atoms with E-state index in [-0.39, 0.29) is 11.9 Å². The fourth-order valence-electron chi connectivity index (χ4n) is 2.52. The van der Waals surface area contributed by atoms with Gasteiger partial charge >= 0.3 is 0 Å². The van der Waals surface area contributed by atoms with Crippen molar-refractivity contribution < 1.29 is 9.53 Å². The molecule has 19 heavy (non-hydrogen) atoms. The number of carbonyl (C=O) groups excluding carboxylic acids is 1. The van der Waals surface area contributed by atoms with Crippen LogP contribution >= 0.6 is 0 Å². The first-order valence-electron chi connectivity index (χ1n) is 7.16. The molecule has 0 saturated carbocycles. The summed E-state index contributed by atoms with van der Waals surface area (Å²) in [6.07, 6.45) is 3.02. The Kier molecular flexibility index (Phi) is 4.97. The molecule has 2 rings (SSSR count). The number of Topliss-reactive ketones (excluding diaryl/α,β-unsaturated/α-hetero) is 1. The van der Waals surface area contributed by atoms with Gasteiger partial charge in [-0.1, -0.05) is 12.1 Å². The average Bonchev–Trinajstić information content (AvgIpc) is 2.39. The molecular weight excluding hydrogens is 238 g/mol. The highest BCUT2D eigenvalue weighted by Gasteiger charge is 2.20. The van der Waals surface area contributed by atoms with Crippen LogP contribution < -0.4 is 10.1 Å². The van der Waals surface area contributed by atoms with Crippen molar-refractivity contribution >= 4 is 5.78 Å². The fraction of sp³-hybridized carbons (Fsp3) is 0.562. The molecule has 0 bridgehead atoms. The highest BCUT2D eigenvalue weighted by Crippen LogP contribution is 2.24. The van der Waals surface area contributed by atoms with E-state index in [1.165, 1.54) is 6.42 Å². The van der Waals surface area contributed by atoms with Crippen LogP contribution in [-0.2, 0) is 0 Å². The van der Waals surface area contributed by atoms with Gasteiger partial charge in [-0.25, -0.2) is 0 Å². The van der Waals surface area contributed by atoms with Crippen LogP contribution in [0.4, 0.5) is 0 Å². The van der Waals surface area contributed by atoms with Crippen LogP contribution in [0.1, 0.15) is 43.5 Å². The van der Waals surface area contributed by atoms with Crippen molar-refractivity contribution in [3.05, 3.63) is 29.8 Å². The van der Waals surface area contributed by atoms with E-state index < -0.39 is 0 Å². The number of rotatable bonds is 5. The summed E-state index contributed by atoms with van der Waals surface area (Å²) in [7, 11) is 0. The first-order chi connectivity index (χ1) is 9.16. The number of nitrogens with one attached hydrogen (secondary N) is 1. The minimum absolute atomic E-state index is 0.0882. The van der Waals surface area contributed by atoms with Gasteiger partial charge in [0, 0.05) is 6.42 Å². The molecule has 1 unspecified atom stereocenters. The third kappa shape index (κ3) is 4.06. The lowest BCUT2D eigenvalue weighted by Crippen LogP contribution is -2.31. The Balaban J connectivity index is 2.05. The number of carbonyl (C=O) groups is 1. The van der Waals surface area contributed by atoms with Crippen molar-refractivity contribution in [2.45, 2.75) is 39.2 Å². The largest absolute Gasteiger partial charge is 0.490 e. The Morgan fingerprint density at radius 2 is 2.21 bits per heavy atom. The van der Waals surface area contributed by atoms with Crippen LogP contribution in [0.5, 0.6) is 5.75 Å². The Morgan fingerprint density at radius 1 is 1.42 bits per heavy atom. The minimum atomic E-state index is 0.0882. The molecular formula is C16H23NO2. The van der Waals surface area contributed by atoms with E-state index in [0.29, 0.717) is 18.1 Å². The van der Waals surface area contributed by atoms with Gasteiger partial charge < -0.3 is 10.1 Å². The maximum absolute atomic E-state index is 12.4. The lowest BCUT2D eigenvalue weighted by molar-refractivity contribution is 0.0948. The number of ether oxygens (including phenoxy) is 1. The summed E-state index contributed by atoms with van der Waals surface area (Å²) >= 11 is 0. The lowest BCUT2D eigenvalue weighted by atomic mass is 9.91. The molecule has 3 nitrogen and oxygen atoms in total. The standard InChI is InChI=1S/C16H23NO2/c1-12(2)19-16-8-4-3-7-14(16)15(18)10-13-6-5-9-17-11-13/h3-4,7-8,12-13,17H,5-6,9-11H2,1-2H3. The monoisotopic (exact) mass is 261 g/mol. The topological polar surface area (TPSA) is 38.3 Å². The van der Waals surface area contributed by atoms with Gasteiger partial charge in [-0.15, -0.1) is 0 Å². The van der Waals surface area contributed by atoms with Gasteiger partial charge in [0.2, 0.25) is 0 Å². The van der Waals surface area contributed by atoms with E-state index in [0.717, 1.165) is 25.1 Å². The van der Waals surface area contributed by atoms with E-state index in [2.05, 4.69) is 5.32 Å². The predicted octanol–water partition coefficient (Wildman–Crippen LogP) is 3.05. The van der Waals surface area contributed by atoms with Crippen molar-refractivity contribution in [1.29, 1.82) is 0 Å². The van der Waals surface area contributed by atoms with Gasteiger partial charge in [0.05, 0.1) is 11.7 Å². The van der Waals surface area contributed by atoms with E-state index in [4.69, 9.17) is 4.74 Å². The maximum atomic E-state index is 12.4. The summed E-state index contributed by atoms with van der Waals surface area (Å²) in [4.78, 5) is 12.4. The van der Waals surface area contributed by atoms with Gasteiger partial charge in [-0.2, -0.15) is 0 Å². The molecule has 0 radical (unpaired) electrons. The molecule has 1 aliphatic heterocycles. The van der Waals surface area contributed by atoms with Gasteiger partial charge in [0.15, 0.2) is 5.78 Å². The molecule has 1 atom stereocenters. The average molecular weight is 261 g/mol. The van der Waals surface area contributed by atoms with Crippen LogP contribution in [0, 0.1) is 5.92 Å². The number of ketones is 1. The Morgan fingerprint density at radius 3 is 2.89 bits per heavy atom. The van der Waals surface area contributed by atoms with E-state index in [1.54, 1.807) is 0 Å². The van der Waals surface area contributed by atoms with Crippen molar-refractivity contribution in [3.8, 4) is 5.75 Å². The van der Waals surface area contributed by atoms with E-state index in [1.807, 2.05) is 38.1 Å². The van der Waals surface area contributed by atoms with E-state index >= 15 is 0 Å². The molecule has 0 aromatic heterocycles. The number of para-hydroxylation sites is 1. The second-order valence-electron chi connectivity index (χ2n) is 5.50. The summed E-state index contributed by atoms with van der Waals surface area (Å²) in [6, 6.07) is 7.57. The van der Waals surface area contributed by atoms with Gasteiger partial charge in [-0.05, 0) is 57.8 Å². The Labute approximate surface area is 115 Å². The quantitative estimate of drug-likeness (QED) is 0.828. The molecule has 1 saturated heterocycles. The normalized spacial score (nSPS) is 19.4. The number of hydrogen-bond donors (Lipinski definition) is 1. The maximum Gasteiger partial charge on any atom is 0.166 e. The minimum Gasteiger partial charge on any atom is -0.490 e. The van der Waals surface area contributed by atoms with Crippen LogP contribution in [0.15, 0.2) is 24.3 Å². The Bertz CT molecular complexity index is 423. The van der Waals surface area contributed by atoms with Gasteiger partial charge in [0.1, 0.15) is 5.75 Å². The molecule has 0 aliphatic carbocycles. The molecule has 0 spiro atoms. The number of benzene rings is 1. The first kappa shape index (κ1) is 14.1. The fourth-order valence-corrected chi connectivity index (χ4v) is 2.52. The van der Waals surface area contributed by atoms with Gasteiger partial charge in [-0.3, -0.25) is 4.79 Å². The third-order valence-corrected chi connectivity index (χ3v) is 3.42. The zero-order valence-corrected chi connectivity index (χ0v) is 11.8. The van der Waals surface area contributed by atoms with Crippen LogP contribution in [0.25, 0.3) is 0 Å². The van der Waals surface area contributed by atoms with Crippen molar-refractivity contribution in [1.82, 2.24) is 5.32 Å². The lowest BCUT2D eigenvalue weighted by Gasteiger charge is -2.22. The zero-order valence-electron chi connectivity index (χ0n) is 11.8. The molecule has 104 valence electrons. The highest BCUT2D eigenvalue weighted by atomic mass is 16.5. The number of piperidine rings is 1. The van der Waals surface area contributed by atoms with Gasteiger partial charge in [0.25, 0.3) is 0 Å². The van der Waals surface area contributed by atoms with Crippen LogP contribution in [0.2, 0.25) is 0 Å². The second-order valence-corrected chi connectivity index (χ2v) is 5.50. The van der Waals surface area contributed by atoms with Crippen molar-refractivity contribution in [2.75, 3.05) is 13.1 Å². The summed E-state index contributed by atoms with van der Waals surface area (Å²) in [6.45, 7) is 6.00. The smallest absolute Gasteiger partial charge is 0.166 e. The second kappa shape index (κ2) is 6.71. The molecule has 1 N–H and O–H groups in total. The molecule has 1 fully saturated rings. The summed E-state index contributed by atoms with van der Waals surface area (Å²) in [5, 5.41) is 3.36. The molecule has 1 aliphatic rings. The molecule has 3 heteroatoms. The van der Waals surface area contributed by atoms with E-state index in [9.17, 15) is 4.79 Å². The zero-order chi connectivity index (χ0) is 13.7. The Hall–Kier alpha value is -1.35.